The van der Waals surface area contributed by atoms with Gasteiger partial charge in [-0.1, -0.05) is 6.07 Å². The minimum absolute atomic E-state index is 0.128. The second-order valence-corrected chi connectivity index (χ2v) is 4.78. The Labute approximate surface area is 120 Å². The maximum absolute atomic E-state index is 9.83. The van der Waals surface area contributed by atoms with Crippen molar-refractivity contribution in [3.63, 3.8) is 0 Å². The van der Waals surface area contributed by atoms with Crippen molar-refractivity contribution in [3.8, 4) is 11.5 Å². The minimum Gasteiger partial charge on any atom is -0.503 e. The third-order valence-corrected chi connectivity index (χ3v) is 3.13. The Morgan fingerprint density at radius 3 is 2.89 bits per heavy atom. The van der Waals surface area contributed by atoms with Crippen LogP contribution >= 0.6 is 15.9 Å². The number of hydrogen-bond donors (Lipinski definition) is 2. The third-order valence-electron chi connectivity index (χ3n) is 2.53. The van der Waals surface area contributed by atoms with Gasteiger partial charge in [-0.25, -0.2) is 4.98 Å². The fourth-order valence-corrected chi connectivity index (χ4v) is 2.14. The summed E-state index contributed by atoms with van der Waals surface area (Å²) < 4.78 is 6.01. The van der Waals surface area contributed by atoms with Gasteiger partial charge >= 0.3 is 0 Å². The van der Waals surface area contributed by atoms with Crippen molar-refractivity contribution in [1.29, 1.82) is 0 Å². The second kappa shape index (κ2) is 6.43. The highest BCUT2D eigenvalue weighted by Gasteiger charge is 2.09. The number of aromatic hydroxyl groups is 1. The molecule has 0 fully saturated rings. The first-order valence-corrected chi connectivity index (χ1v) is 6.79. The molecule has 1 heterocycles. The van der Waals surface area contributed by atoms with Crippen molar-refractivity contribution in [3.05, 3.63) is 46.6 Å². The molecule has 0 aliphatic rings. The van der Waals surface area contributed by atoms with E-state index in [0.29, 0.717) is 23.4 Å². The summed E-state index contributed by atoms with van der Waals surface area (Å²) in [6.45, 7) is 3.00. The first-order valence-electron chi connectivity index (χ1n) is 5.99. The van der Waals surface area contributed by atoms with E-state index in [1.807, 2.05) is 37.3 Å². The molecule has 100 valence electrons. The SMILES string of the molecule is CCOc1cc(CNc2ccccn2)cc(Br)c1O. The van der Waals surface area contributed by atoms with Gasteiger partial charge in [0.25, 0.3) is 0 Å². The van der Waals surface area contributed by atoms with Crippen LogP contribution in [0.4, 0.5) is 5.82 Å². The lowest BCUT2D eigenvalue weighted by Gasteiger charge is -2.11. The molecular formula is C14H15BrN2O2. The van der Waals surface area contributed by atoms with Gasteiger partial charge in [0.2, 0.25) is 0 Å². The van der Waals surface area contributed by atoms with Crippen LogP contribution in [0.2, 0.25) is 0 Å². The number of anilines is 1. The summed E-state index contributed by atoms with van der Waals surface area (Å²) in [6.07, 6.45) is 1.74. The fraction of sp³-hybridized carbons (Fsp3) is 0.214. The van der Waals surface area contributed by atoms with E-state index in [4.69, 9.17) is 4.74 Å². The van der Waals surface area contributed by atoms with Gasteiger partial charge in [0, 0.05) is 12.7 Å². The first-order chi connectivity index (χ1) is 9.20. The Bertz CT molecular complexity index is 547. The van der Waals surface area contributed by atoms with Crippen LogP contribution in [-0.2, 0) is 6.54 Å². The van der Waals surface area contributed by atoms with Crippen molar-refractivity contribution in [2.45, 2.75) is 13.5 Å². The lowest BCUT2D eigenvalue weighted by atomic mass is 10.2. The van der Waals surface area contributed by atoms with E-state index in [0.717, 1.165) is 11.4 Å². The largest absolute Gasteiger partial charge is 0.503 e. The Morgan fingerprint density at radius 1 is 1.37 bits per heavy atom. The quantitative estimate of drug-likeness (QED) is 0.883. The fourth-order valence-electron chi connectivity index (χ4n) is 1.65. The number of phenols is 1. The summed E-state index contributed by atoms with van der Waals surface area (Å²) in [4.78, 5) is 4.19. The molecule has 2 aromatic rings. The smallest absolute Gasteiger partial charge is 0.172 e. The van der Waals surface area contributed by atoms with Gasteiger partial charge in [0.05, 0.1) is 11.1 Å². The highest BCUT2D eigenvalue weighted by atomic mass is 79.9. The van der Waals surface area contributed by atoms with E-state index in [1.54, 1.807) is 6.20 Å². The van der Waals surface area contributed by atoms with Gasteiger partial charge in [0.15, 0.2) is 11.5 Å². The number of pyridine rings is 1. The van der Waals surface area contributed by atoms with E-state index in [1.165, 1.54) is 0 Å². The summed E-state index contributed by atoms with van der Waals surface area (Å²) in [5, 5.41) is 13.0. The van der Waals surface area contributed by atoms with Gasteiger partial charge in [-0.3, -0.25) is 0 Å². The molecule has 2 rings (SSSR count). The van der Waals surface area contributed by atoms with Crippen molar-refractivity contribution in [2.75, 3.05) is 11.9 Å². The Hall–Kier alpha value is -1.75. The van der Waals surface area contributed by atoms with Crippen LogP contribution in [-0.4, -0.2) is 16.7 Å². The molecule has 19 heavy (non-hydrogen) atoms. The topological polar surface area (TPSA) is 54.4 Å². The van der Waals surface area contributed by atoms with Crippen LogP contribution in [0.1, 0.15) is 12.5 Å². The predicted molar refractivity (Wildman–Crippen MR) is 78.5 cm³/mol. The number of rotatable bonds is 5. The number of hydrogen-bond acceptors (Lipinski definition) is 4. The highest BCUT2D eigenvalue weighted by molar-refractivity contribution is 9.10. The molecule has 0 saturated heterocycles. The van der Waals surface area contributed by atoms with Crippen LogP contribution < -0.4 is 10.1 Å². The van der Waals surface area contributed by atoms with Crippen LogP contribution in [0.3, 0.4) is 0 Å². The lowest BCUT2D eigenvalue weighted by Crippen LogP contribution is -2.02. The van der Waals surface area contributed by atoms with Crippen molar-refractivity contribution in [1.82, 2.24) is 4.98 Å². The average molecular weight is 323 g/mol. The number of aromatic nitrogens is 1. The summed E-state index contributed by atoms with van der Waals surface area (Å²) in [5.74, 6) is 1.42. The van der Waals surface area contributed by atoms with Crippen LogP contribution in [0.15, 0.2) is 41.0 Å². The number of nitrogens with zero attached hydrogens (tertiary/aromatic N) is 1. The normalized spacial score (nSPS) is 10.2. The molecule has 0 unspecified atom stereocenters. The molecule has 0 saturated carbocycles. The molecule has 1 aromatic heterocycles. The molecule has 0 bridgehead atoms. The Kier molecular flexibility index (Phi) is 4.63. The van der Waals surface area contributed by atoms with Gasteiger partial charge < -0.3 is 15.2 Å². The van der Waals surface area contributed by atoms with E-state index in [-0.39, 0.29) is 5.75 Å². The van der Waals surface area contributed by atoms with E-state index in [2.05, 4.69) is 26.2 Å². The summed E-state index contributed by atoms with van der Waals surface area (Å²) in [6, 6.07) is 9.37. The molecule has 0 atom stereocenters. The molecule has 0 aliphatic heterocycles. The molecular weight excluding hydrogens is 308 g/mol. The first kappa shape index (κ1) is 13.7. The molecule has 0 radical (unpaired) electrons. The molecule has 0 aliphatic carbocycles. The van der Waals surface area contributed by atoms with Crippen LogP contribution in [0.5, 0.6) is 11.5 Å². The summed E-state index contributed by atoms with van der Waals surface area (Å²) >= 11 is 3.32. The van der Waals surface area contributed by atoms with Gasteiger partial charge in [-0.05, 0) is 52.7 Å². The summed E-state index contributed by atoms with van der Waals surface area (Å²) in [7, 11) is 0. The standard InChI is InChI=1S/C14H15BrN2O2/c1-2-19-12-8-10(7-11(15)14(12)18)9-17-13-5-3-4-6-16-13/h3-8,18H,2,9H2,1H3,(H,16,17). The number of ether oxygens (including phenoxy) is 1. The zero-order chi connectivity index (χ0) is 13.7. The Balaban J connectivity index is 2.12. The van der Waals surface area contributed by atoms with Gasteiger partial charge in [0.1, 0.15) is 5.82 Å². The van der Waals surface area contributed by atoms with E-state index in [9.17, 15) is 5.11 Å². The molecule has 0 spiro atoms. The number of phenolic OH excluding ortho intramolecular Hbond substituents is 1. The number of benzene rings is 1. The predicted octanol–water partition coefficient (Wildman–Crippen LogP) is 3.56. The van der Waals surface area contributed by atoms with Gasteiger partial charge in [-0.2, -0.15) is 0 Å². The van der Waals surface area contributed by atoms with Crippen molar-refractivity contribution >= 4 is 21.7 Å². The monoisotopic (exact) mass is 322 g/mol. The number of halogens is 1. The zero-order valence-electron chi connectivity index (χ0n) is 10.6. The van der Waals surface area contributed by atoms with Crippen LogP contribution in [0, 0.1) is 0 Å². The Morgan fingerprint density at radius 2 is 2.21 bits per heavy atom. The van der Waals surface area contributed by atoms with Crippen molar-refractivity contribution < 1.29 is 9.84 Å². The van der Waals surface area contributed by atoms with Crippen molar-refractivity contribution in [2.24, 2.45) is 0 Å². The zero-order valence-corrected chi connectivity index (χ0v) is 12.1. The highest BCUT2D eigenvalue weighted by Crippen LogP contribution is 2.35. The van der Waals surface area contributed by atoms with Gasteiger partial charge in [-0.15, -0.1) is 0 Å². The molecule has 1 aromatic carbocycles. The molecule has 4 nitrogen and oxygen atoms in total. The minimum atomic E-state index is 0.128. The lowest BCUT2D eigenvalue weighted by molar-refractivity contribution is 0.317. The molecule has 5 heteroatoms. The molecule has 2 N–H and O–H groups in total. The molecule has 0 amide bonds. The second-order valence-electron chi connectivity index (χ2n) is 3.93. The van der Waals surface area contributed by atoms with E-state index < -0.39 is 0 Å². The maximum Gasteiger partial charge on any atom is 0.172 e. The average Bonchev–Trinajstić information content (AvgIpc) is 2.43. The van der Waals surface area contributed by atoms with Crippen LogP contribution in [0.25, 0.3) is 0 Å². The summed E-state index contributed by atoms with van der Waals surface area (Å²) in [5.41, 5.74) is 0.999. The third kappa shape index (κ3) is 3.61. The maximum atomic E-state index is 9.83. The number of nitrogens with one attached hydrogen (secondary N) is 1. The van der Waals surface area contributed by atoms with E-state index >= 15 is 0 Å².